The Morgan fingerprint density at radius 2 is 1.77 bits per heavy atom. The van der Waals surface area contributed by atoms with E-state index in [9.17, 15) is 14.0 Å². The summed E-state index contributed by atoms with van der Waals surface area (Å²) in [6.45, 7) is 5.15. The van der Waals surface area contributed by atoms with E-state index in [2.05, 4.69) is 19.2 Å². The van der Waals surface area contributed by atoms with Crippen molar-refractivity contribution in [2.45, 2.75) is 57.3 Å². The highest BCUT2D eigenvalue weighted by molar-refractivity contribution is 5.94. The second-order valence-corrected chi connectivity index (χ2v) is 8.66. The highest BCUT2D eigenvalue weighted by Crippen LogP contribution is 2.36. The van der Waals surface area contributed by atoms with Gasteiger partial charge in [-0.2, -0.15) is 0 Å². The summed E-state index contributed by atoms with van der Waals surface area (Å²) in [5.74, 6) is -0.647. The van der Waals surface area contributed by atoms with E-state index in [0.717, 1.165) is 12.0 Å². The molecule has 1 N–H and O–H groups in total. The van der Waals surface area contributed by atoms with Gasteiger partial charge in [-0.15, -0.1) is 0 Å². The van der Waals surface area contributed by atoms with Crippen LogP contribution < -0.4 is 5.32 Å². The van der Waals surface area contributed by atoms with E-state index in [0.29, 0.717) is 32.4 Å². The molecule has 2 fully saturated rings. The summed E-state index contributed by atoms with van der Waals surface area (Å²) in [6.07, 6.45) is 2.78. The lowest BCUT2D eigenvalue weighted by atomic mass is 9.93. The number of nitrogens with zero attached hydrogens (tertiary/aromatic N) is 2. The minimum absolute atomic E-state index is 0.106. The lowest BCUT2D eigenvalue weighted by molar-refractivity contribution is -0.136. The number of nitrogens with one attached hydrogen (secondary N) is 1. The molecule has 0 bridgehead atoms. The fourth-order valence-electron chi connectivity index (χ4n) is 4.91. The number of likely N-dealkylation sites (tertiary alicyclic amines) is 1. The van der Waals surface area contributed by atoms with Crippen LogP contribution in [0.2, 0.25) is 0 Å². The summed E-state index contributed by atoms with van der Waals surface area (Å²) in [5.41, 5.74) is 0.772. The largest absolute Gasteiger partial charge is 0.338 e. The molecule has 2 aliphatic rings. The number of halogens is 1. The molecule has 2 aromatic rings. The summed E-state index contributed by atoms with van der Waals surface area (Å²) in [4.78, 5) is 30.0. The molecular formula is C25H30FN3O2. The number of rotatable bonds is 5. The number of carbonyl (C=O) groups is 2. The van der Waals surface area contributed by atoms with Crippen LogP contribution in [0.5, 0.6) is 0 Å². The summed E-state index contributed by atoms with van der Waals surface area (Å²) >= 11 is 0. The first-order valence-electron chi connectivity index (χ1n) is 11.1. The third kappa shape index (κ3) is 4.09. The van der Waals surface area contributed by atoms with Gasteiger partial charge in [0.25, 0.3) is 5.91 Å². The van der Waals surface area contributed by atoms with Crippen LogP contribution in [0.15, 0.2) is 54.6 Å². The number of benzene rings is 2. The molecule has 2 amide bonds. The molecular weight excluding hydrogens is 393 g/mol. The molecule has 0 radical (unpaired) electrons. The van der Waals surface area contributed by atoms with Crippen LogP contribution in [0, 0.1) is 5.82 Å². The van der Waals surface area contributed by atoms with Crippen LogP contribution >= 0.6 is 0 Å². The Bertz CT molecular complexity index is 941. The maximum Gasteiger partial charge on any atom is 0.256 e. The molecule has 1 spiro atoms. The normalized spacial score (nSPS) is 21.5. The molecule has 2 atom stereocenters. The zero-order valence-electron chi connectivity index (χ0n) is 18.2. The van der Waals surface area contributed by atoms with Crippen molar-refractivity contribution in [3.05, 3.63) is 71.5 Å². The Kier molecular flexibility index (Phi) is 6.10. The third-order valence-corrected chi connectivity index (χ3v) is 6.74. The van der Waals surface area contributed by atoms with Crippen molar-refractivity contribution in [1.29, 1.82) is 0 Å². The van der Waals surface area contributed by atoms with Crippen molar-refractivity contribution in [3.8, 4) is 0 Å². The summed E-state index contributed by atoms with van der Waals surface area (Å²) in [5, 5.41) is 3.64. The van der Waals surface area contributed by atoms with Crippen molar-refractivity contribution >= 4 is 11.8 Å². The van der Waals surface area contributed by atoms with Crippen molar-refractivity contribution in [2.75, 3.05) is 13.1 Å². The average Bonchev–Trinajstić information content (AvgIpc) is 3.05. The Hall–Kier alpha value is -2.73. The van der Waals surface area contributed by atoms with Crippen LogP contribution in [0.1, 0.15) is 49.0 Å². The molecule has 164 valence electrons. The van der Waals surface area contributed by atoms with Gasteiger partial charge in [-0.25, -0.2) is 4.39 Å². The molecule has 0 saturated carbocycles. The first-order chi connectivity index (χ1) is 14.9. The van der Waals surface area contributed by atoms with Crippen LogP contribution in [-0.2, 0) is 11.2 Å². The van der Waals surface area contributed by atoms with E-state index < -0.39 is 11.5 Å². The average molecular weight is 424 g/mol. The fourth-order valence-corrected chi connectivity index (χ4v) is 4.91. The summed E-state index contributed by atoms with van der Waals surface area (Å²) in [6, 6.07) is 16.0. The maximum absolute atomic E-state index is 14.1. The van der Waals surface area contributed by atoms with E-state index >= 15 is 0 Å². The molecule has 4 rings (SSSR count). The van der Waals surface area contributed by atoms with E-state index in [1.54, 1.807) is 17.0 Å². The van der Waals surface area contributed by atoms with Gasteiger partial charge in [-0.05, 0) is 37.5 Å². The predicted molar refractivity (Wildman–Crippen MR) is 118 cm³/mol. The van der Waals surface area contributed by atoms with E-state index in [1.807, 2.05) is 35.2 Å². The molecule has 0 aromatic heterocycles. The van der Waals surface area contributed by atoms with Crippen LogP contribution in [0.3, 0.4) is 0 Å². The Morgan fingerprint density at radius 1 is 1.13 bits per heavy atom. The van der Waals surface area contributed by atoms with Gasteiger partial charge in [-0.1, -0.05) is 49.4 Å². The van der Waals surface area contributed by atoms with Crippen LogP contribution in [-0.4, -0.2) is 52.5 Å². The highest BCUT2D eigenvalue weighted by atomic mass is 19.1. The fraction of sp³-hybridized carbons (Fsp3) is 0.440. The van der Waals surface area contributed by atoms with Crippen molar-refractivity contribution in [1.82, 2.24) is 15.1 Å². The Labute approximate surface area is 183 Å². The Morgan fingerprint density at radius 3 is 2.42 bits per heavy atom. The number of carbonyl (C=O) groups excluding carboxylic acids is 2. The number of hydrogen-bond acceptors (Lipinski definition) is 3. The molecule has 5 nitrogen and oxygen atoms in total. The third-order valence-electron chi connectivity index (χ3n) is 6.74. The van der Waals surface area contributed by atoms with Crippen molar-refractivity contribution in [3.63, 3.8) is 0 Å². The van der Waals surface area contributed by atoms with Gasteiger partial charge in [0.1, 0.15) is 5.82 Å². The lowest BCUT2D eigenvalue weighted by Gasteiger charge is -2.46. The second kappa shape index (κ2) is 8.79. The van der Waals surface area contributed by atoms with Crippen molar-refractivity contribution < 1.29 is 14.0 Å². The maximum atomic E-state index is 14.1. The van der Waals surface area contributed by atoms with Crippen molar-refractivity contribution in [2.24, 2.45) is 0 Å². The quantitative estimate of drug-likeness (QED) is 0.800. The molecule has 2 aromatic carbocycles. The van der Waals surface area contributed by atoms with Gasteiger partial charge in [0, 0.05) is 32.0 Å². The van der Waals surface area contributed by atoms with E-state index in [4.69, 9.17) is 0 Å². The molecule has 2 unspecified atom stereocenters. The van der Waals surface area contributed by atoms with Gasteiger partial charge in [0.15, 0.2) is 0 Å². The minimum atomic E-state index is -0.494. The topological polar surface area (TPSA) is 52.7 Å². The van der Waals surface area contributed by atoms with Gasteiger partial charge < -0.3 is 9.80 Å². The number of amides is 2. The minimum Gasteiger partial charge on any atom is -0.338 e. The first-order valence-corrected chi connectivity index (χ1v) is 11.1. The van der Waals surface area contributed by atoms with Gasteiger partial charge >= 0.3 is 0 Å². The molecule has 0 aliphatic carbocycles. The molecule has 31 heavy (non-hydrogen) atoms. The highest BCUT2D eigenvalue weighted by Gasteiger charge is 2.53. The zero-order chi connectivity index (χ0) is 22.0. The number of hydrogen-bond donors (Lipinski definition) is 1. The smallest absolute Gasteiger partial charge is 0.256 e. The lowest BCUT2D eigenvalue weighted by Crippen LogP contribution is -2.61. The second-order valence-electron chi connectivity index (χ2n) is 8.66. The van der Waals surface area contributed by atoms with E-state index in [-0.39, 0.29) is 29.5 Å². The van der Waals surface area contributed by atoms with Gasteiger partial charge in [0.05, 0.1) is 17.3 Å². The summed E-state index contributed by atoms with van der Waals surface area (Å²) < 4.78 is 14.1. The standard InChI is InChI=1S/C25H30FN3O2/c1-3-18(2)29-24(31)22(17-19-9-5-4-6-10-19)27-25(29)13-15-28(16-14-25)23(30)20-11-7-8-12-21(20)26/h4-12,18,22,27H,3,13-17H2,1-2H3. The van der Waals surface area contributed by atoms with Gasteiger partial charge in [-0.3, -0.25) is 14.9 Å². The predicted octanol–water partition coefficient (Wildman–Crippen LogP) is 3.60. The summed E-state index contributed by atoms with van der Waals surface area (Å²) in [7, 11) is 0. The zero-order valence-corrected chi connectivity index (χ0v) is 18.2. The van der Waals surface area contributed by atoms with Gasteiger partial charge in [0.2, 0.25) is 5.91 Å². The molecule has 6 heteroatoms. The monoisotopic (exact) mass is 423 g/mol. The first kappa shape index (κ1) is 21.5. The SMILES string of the molecule is CCC(C)N1C(=O)C(Cc2ccccc2)NC12CCN(C(=O)c1ccccc1F)CC2. The number of piperidine rings is 1. The Balaban J connectivity index is 1.52. The molecule has 2 aliphatic heterocycles. The van der Waals surface area contributed by atoms with Crippen LogP contribution in [0.25, 0.3) is 0 Å². The molecule has 2 heterocycles. The van der Waals surface area contributed by atoms with E-state index in [1.165, 1.54) is 12.1 Å². The van der Waals surface area contributed by atoms with Crippen LogP contribution in [0.4, 0.5) is 4.39 Å². The molecule has 2 saturated heterocycles.